The van der Waals surface area contributed by atoms with Gasteiger partial charge in [0.25, 0.3) is 0 Å². The number of halogens is 1. The van der Waals surface area contributed by atoms with Gasteiger partial charge in [-0.1, -0.05) is 0 Å². The highest BCUT2D eigenvalue weighted by molar-refractivity contribution is 9.07. The topological polar surface area (TPSA) is 95.0 Å². The second kappa shape index (κ2) is 5.26. The molecule has 17 heavy (non-hydrogen) atoms. The fourth-order valence-electron chi connectivity index (χ4n) is 1.57. The van der Waals surface area contributed by atoms with Crippen molar-refractivity contribution in [3.63, 3.8) is 0 Å². The van der Waals surface area contributed by atoms with E-state index in [2.05, 4.69) is 16.1 Å². The molecule has 3 amide bonds. The molecule has 0 bridgehead atoms. The van der Waals surface area contributed by atoms with Gasteiger partial charge in [0.05, 0.1) is 22.6 Å². The summed E-state index contributed by atoms with van der Waals surface area (Å²) in [5, 5.41) is 8.74. The summed E-state index contributed by atoms with van der Waals surface area (Å²) < 4.78 is 0.905. The Bertz CT molecular complexity index is 368. The molecule has 1 atom stereocenters. The lowest BCUT2D eigenvalue weighted by atomic mass is 10.3. The summed E-state index contributed by atoms with van der Waals surface area (Å²) in [5.41, 5.74) is 0. The summed E-state index contributed by atoms with van der Waals surface area (Å²) in [6, 6.07) is 0. The molecule has 1 aliphatic rings. The van der Waals surface area contributed by atoms with Crippen LogP contribution in [0.5, 0.6) is 0 Å². The van der Waals surface area contributed by atoms with Gasteiger partial charge in [0, 0.05) is 19.8 Å². The predicted octanol–water partition coefficient (Wildman–Crippen LogP) is 0.0946. The molecule has 0 aromatic carbocycles. The zero-order valence-corrected chi connectivity index (χ0v) is 10.6. The molecule has 0 spiro atoms. The largest absolute Gasteiger partial charge is 0.481 e. The van der Waals surface area contributed by atoms with E-state index < -0.39 is 36.3 Å². The van der Waals surface area contributed by atoms with Crippen LogP contribution in [-0.4, -0.2) is 43.8 Å². The Labute approximate surface area is 106 Å². The SMILES string of the molecule is CC(=O)N(Br)C(CC(=O)O)N1C(=O)CCC1=O. The van der Waals surface area contributed by atoms with Crippen LogP contribution in [-0.2, 0) is 19.2 Å². The van der Waals surface area contributed by atoms with Gasteiger partial charge in [-0.3, -0.25) is 28.0 Å². The van der Waals surface area contributed by atoms with E-state index >= 15 is 0 Å². The molecule has 1 fully saturated rings. The van der Waals surface area contributed by atoms with Gasteiger partial charge in [-0.15, -0.1) is 0 Å². The van der Waals surface area contributed by atoms with E-state index in [1.807, 2.05) is 0 Å². The lowest BCUT2D eigenvalue weighted by Gasteiger charge is -2.30. The van der Waals surface area contributed by atoms with Crippen molar-refractivity contribution in [3.05, 3.63) is 0 Å². The van der Waals surface area contributed by atoms with Crippen molar-refractivity contribution >= 4 is 39.8 Å². The van der Waals surface area contributed by atoms with E-state index in [0.717, 1.165) is 8.83 Å². The zero-order chi connectivity index (χ0) is 13.2. The molecule has 1 rings (SSSR count). The van der Waals surface area contributed by atoms with Gasteiger partial charge in [-0.05, 0) is 0 Å². The van der Waals surface area contributed by atoms with Gasteiger partial charge >= 0.3 is 5.97 Å². The van der Waals surface area contributed by atoms with E-state index in [4.69, 9.17) is 5.11 Å². The molecule has 0 aliphatic carbocycles. The van der Waals surface area contributed by atoms with Gasteiger partial charge in [0.2, 0.25) is 17.7 Å². The Hall–Kier alpha value is -1.44. The van der Waals surface area contributed by atoms with Crippen LogP contribution in [0.3, 0.4) is 0 Å². The average molecular weight is 307 g/mol. The van der Waals surface area contributed by atoms with Crippen molar-refractivity contribution in [2.75, 3.05) is 0 Å². The highest BCUT2D eigenvalue weighted by Gasteiger charge is 2.39. The third-order valence-corrected chi connectivity index (χ3v) is 3.28. The van der Waals surface area contributed by atoms with Crippen molar-refractivity contribution < 1.29 is 24.3 Å². The number of carboxylic acids is 1. The molecule has 0 saturated carbocycles. The van der Waals surface area contributed by atoms with Crippen LogP contribution in [0.4, 0.5) is 0 Å². The number of amides is 3. The quantitative estimate of drug-likeness (QED) is 0.587. The number of aliphatic carboxylic acids is 1. The van der Waals surface area contributed by atoms with Gasteiger partial charge in [0.15, 0.2) is 0 Å². The van der Waals surface area contributed by atoms with Crippen molar-refractivity contribution in [2.45, 2.75) is 32.4 Å². The monoisotopic (exact) mass is 306 g/mol. The van der Waals surface area contributed by atoms with Gasteiger partial charge in [0.1, 0.15) is 6.17 Å². The van der Waals surface area contributed by atoms with Gasteiger partial charge < -0.3 is 5.11 Å². The molecule has 8 heteroatoms. The number of imide groups is 1. The maximum absolute atomic E-state index is 11.5. The Morgan fingerprint density at radius 1 is 1.41 bits per heavy atom. The first-order chi connectivity index (χ1) is 7.84. The second-order valence-electron chi connectivity index (χ2n) is 3.57. The van der Waals surface area contributed by atoms with Crippen LogP contribution >= 0.6 is 16.1 Å². The molecule has 0 radical (unpaired) electrons. The molecule has 1 unspecified atom stereocenters. The van der Waals surface area contributed by atoms with Crippen LogP contribution in [0, 0.1) is 0 Å². The molecule has 1 saturated heterocycles. The van der Waals surface area contributed by atoms with Crippen LogP contribution < -0.4 is 0 Å². The van der Waals surface area contributed by atoms with Crippen molar-refractivity contribution in [1.82, 2.24) is 8.83 Å². The van der Waals surface area contributed by atoms with Gasteiger partial charge in [-0.2, -0.15) is 0 Å². The molecule has 1 aliphatic heterocycles. The first-order valence-corrected chi connectivity index (χ1v) is 5.57. The molecular formula is C9H11BrN2O5. The minimum atomic E-state index is -1.20. The lowest BCUT2D eigenvalue weighted by molar-refractivity contribution is -0.149. The van der Waals surface area contributed by atoms with E-state index in [1.165, 1.54) is 6.92 Å². The van der Waals surface area contributed by atoms with Crippen LogP contribution in [0.15, 0.2) is 0 Å². The summed E-state index contributed by atoms with van der Waals surface area (Å²) in [4.78, 5) is 45.7. The Balaban J connectivity index is 2.96. The fourth-order valence-corrected chi connectivity index (χ4v) is 1.89. The molecule has 0 aromatic heterocycles. The Morgan fingerprint density at radius 3 is 2.24 bits per heavy atom. The molecule has 1 heterocycles. The summed E-state index contributed by atoms with van der Waals surface area (Å²) >= 11 is 2.88. The summed E-state index contributed by atoms with van der Waals surface area (Å²) in [6.45, 7) is 1.20. The Morgan fingerprint density at radius 2 is 1.88 bits per heavy atom. The second-order valence-corrected chi connectivity index (χ2v) is 4.33. The van der Waals surface area contributed by atoms with E-state index in [9.17, 15) is 19.2 Å². The molecule has 94 valence electrons. The van der Waals surface area contributed by atoms with Crippen LogP contribution in [0.2, 0.25) is 0 Å². The van der Waals surface area contributed by atoms with Gasteiger partial charge in [-0.25, -0.2) is 0 Å². The van der Waals surface area contributed by atoms with Crippen LogP contribution in [0.25, 0.3) is 0 Å². The standard InChI is InChI=1S/C9H11BrN2O5/c1-5(13)12(10)6(4-9(16)17)11-7(14)2-3-8(11)15/h6H,2-4H2,1H3,(H,16,17). The number of hydrogen-bond donors (Lipinski definition) is 1. The summed E-state index contributed by atoms with van der Waals surface area (Å²) in [7, 11) is 0. The number of carbonyl (C=O) groups is 4. The first kappa shape index (κ1) is 13.6. The summed E-state index contributed by atoms with van der Waals surface area (Å²) in [6.07, 6.45) is -1.53. The van der Waals surface area contributed by atoms with E-state index in [1.54, 1.807) is 0 Å². The van der Waals surface area contributed by atoms with Crippen LogP contribution in [0.1, 0.15) is 26.2 Å². The fraction of sp³-hybridized carbons (Fsp3) is 0.556. The number of hydrogen-bond acceptors (Lipinski definition) is 4. The highest BCUT2D eigenvalue weighted by Crippen LogP contribution is 2.22. The maximum Gasteiger partial charge on any atom is 0.307 e. The molecule has 1 N–H and O–H groups in total. The van der Waals surface area contributed by atoms with Crippen molar-refractivity contribution in [3.8, 4) is 0 Å². The number of carboxylic acid groups (broad SMARTS) is 1. The zero-order valence-electron chi connectivity index (χ0n) is 9.05. The normalized spacial score (nSPS) is 17.2. The summed E-state index contributed by atoms with van der Waals surface area (Å²) in [5.74, 6) is -2.61. The third-order valence-electron chi connectivity index (χ3n) is 2.31. The lowest BCUT2D eigenvalue weighted by Crippen LogP contribution is -2.49. The third kappa shape index (κ3) is 3.02. The molecule has 0 aromatic rings. The Kier molecular flexibility index (Phi) is 4.22. The highest BCUT2D eigenvalue weighted by atomic mass is 79.9. The number of carbonyl (C=O) groups excluding carboxylic acids is 3. The predicted molar refractivity (Wildman–Crippen MR) is 58.6 cm³/mol. The minimum absolute atomic E-state index is 0.0493. The van der Waals surface area contributed by atoms with E-state index in [-0.39, 0.29) is 12.8 Å². The van der Waals surface area contributed by atoms with E-state index in [0.29, 0.717) is 0 Å². The number of likely N-dealkylation sites (tertiary alicyclic amines) is 1. The minimum Gasteiger partial charge on any atom is -0.481 e. The number of rotatable bonds is 4. The van der Waals surface area contributed by atoms with Crippen molar-refractivity contribution in [1.29, 1.82) is 0 Å². The molecular weight excluding hydrogens is 296 g/mol. The average Bonchev–Trinajstić information content (AvgIpc) is 2.54. The number of nitrogens with zero attached hydrogens (tertiary/aromatic N) is 2. The maximum atomic E-state index is 11.5. The molecule has 7 nitrogen and oxygen atoms in total. The smallest absolute Gasteiger partial charge is 0.307 e. The first-order valence-electron chi connectivity index (χ1n) is 4.87. The van der Waals surface area contributed by atoms with Crippen molar-refractivity contribution in [2.24, 2.45) is 0 Å².